The fourth-order valence-electron chi connectivity index (χ4n) is 2.89. The molecule has 24 heavy (non-hydrogen) atoms. The molecule has 118 valence electrons. The Morgan fingerprint density at radius 2 is 1.83 bits per heavy atom. The lowest BCUT2D eigenvalue weighted by Crippen LogP contribution is -2.34. The third kappa shape index (κ3) is 2.40. The Hall–Kier alpha value is -3.21. The van der Waals surface area contributed by atoms with Gasteiger partial charge >= 0.3 is 6.09 Å². The van der Waals surface area contributed by atoms with E-state index in [1.165, 1.54) is 11.1 Å². The van der Waals surface area contributed by atoms with E-state index in [0.29, 0.717) is 5.56 Å². The predicted octanol–water partition coefficient (Wildman–Crippen LogP) is 3.57. The van der Waals surface area contributed by atoms with Gasteiger partial charge in [-0.2, -0.15) is 0 Å². The molecule has 2 amide bonds. The van der Waals surface area contributed by atoms with E-state index in [1.807, 2.05) is 54.6 Å². The number of nitrogens with zero attached hydrogens (tertiary/aromatic N) is 2. The lowest BCUT2D eigenvalue weighted by atomic mass is 10.1. The average molecular weight is 318 g/mol. The molecule has 1 aliphatic rings. The normalized spacial score (nSPS) is 17.1. The Morgan fingerprint density at radius 1 is 1.08 bits per heavy atom. The van der Waals surface area contributed by atoms with Gasteiger partial charge in [-0.25, -0.2) is 9.69 Å². The summed E-state index contributed by atoms with van der Waals surface area (Å²) >= 11 is 0. The summed E-state index contributed by atoms with van der Waals surface area (Å²) in [5.41, 5.74) is 2.04. The highest BCUT2D eigenvalue weighted by Gasteiger charge is 2.39. The first-order valence-corrected chi connectivity index (χ1v) is 7.64. The highest BCUT2D eigenvalue weighted by Crippen LogP contribution is 2.29. The van der Waals surface area contributed by atoms with E-state index in [2.05, 4.69) is 4.98 Å². The van der Waals surface area contributed by atoms with Crippen molar-refractivity contribution in [2.24, 2.45) is 0 Å². The van der Waals surface area contributed by atoms with Gasteiger partial charge in [0.1, 0.15) is 12.6 Å². The molecule has 3 aromatic rings. The second kappa shape index (κ2) is 5.77. The number of ether oxygens (including phenoxy) is 1. The second-order valence-corrected chi connectivity index (χ2v) is 5.60. The Kier molecular flexibility index (Phi) is 3.46. The molecule has 1 saturated heterocycles. The highest BCUT2D eigenvalue weighted by atomic mass is 16.6. The number of benzene rings is 2. The Labute approximate surface area is 138 Å². The molecule has 1 aliphatic heterocycles. The van der Waals surface area contributed by atoms with Crippen molar-refractivity contribution in [2.45, 2.75) is 6.04 Å². The van der Waals surface area contributed by atoms with Gasteiger partial charge in [-0.15, -0.1) is 0 Å². The van der Waals surface area contributed by atoms with Gasteiger partial charge in [-0.3, -0.25) is 9.78 Å². The van der Waals surface area contributed by atoms with Crippen molar-refractivity contribution in [3.63, 3.8) is 0 Å². The molecular formula is C19H14N2O3. The standard InChI is InChI=1S/C19H14N2O3/c22-18(15-10-14-8-4-5-9-16(14)20-11-15)21-17(12-24-19(21)23)13-6-2-1-3-7-13/h1-11,17H,12H2/t17-/m1/s1. The van der Waals surface area contributed by atoms with Crippen LogP contribution in [0.25, 0.3) is 10.9 Å². The molecule has 1 atom stereocenters. The Morgan fingerprint density at radius 3 is 2.67 bits per heavy atom. The number of hydrogen-bond acceptors (Lipinski definition) is 4. The maximum Gasteiger partial charge on any atom is 0.417 e. The van der Waals surface area contributed by atoms with Crippen LogP contribution in [0, 0.1) is 0 Å². The molecule has 0 unspecified atom stereocenters. The highest BCUT2D eigenvalue weighted by molar-refractivity contribution is 6.05. The predicted molar refractivity (Wildman–Crippen MR) is 88.4 cm³/mol. The molecule has 5 heteroatoms. The van der Waals surface area contributed by atoms with Crippen LogP contribution in [-0.4, -0.2) is 28.5 Å². The zero-order valence-electron chi connectivity index (χ0n) is 12.8. The first-order chi connectivity index (χ1) is 11.7. The van der Waals surface area contributed by atoms with Gasteiger partial charge in [0, 0.05) is 11.6 Å². The van der Waals surface area contributed by atoms with Gasteiger partial charge in [0.15, 0.2) is 0 Å². The van der Waals surface area contributed by atoms with Crippen LogP contribution in [0.4, 0.5) is 4.79 Å². The number of para-hydroxylation sites is 1. The van der Waals surface area contributed by atoms with Gasteiger partial charge in [-0.05, 0) is 17.7 Å². The van der Waals surface area contributed by atoms with Crippen LogP contribution in [0.5, 0.6) is 0 Å². The molecular weight excluding hydrogens is 304 g/mol. The van der Waals surface area contributed by atoms with E-state index < -0.39 is 18.0 Å². The van der Waals surface area contributed by atoms with Crippen LogP contribution >= 0.6 is 0 Å². The van der Waals surface area contributed by atoms with E-state index in [-0.39, 0.29) is 6.61 Å². The summed E-state index contributed by atoms with van der Waals surface area (Å²) in [4.78, 5) is 30.4. The van der Waals surface area contributed by atoms with Crippen molar-refractivity contribution in [2.75, 3.05) is 6.61 Å². The SMILES string of the molecule is O=C1OC[C@H](c2ccccc2)N1C(=O)c1cnc2ccccc2c1. The van der Waals surface area contributed by atoms with Gasteiger partial charge in [-0.1, -0.05) is 48.5 Å². The molecule has 1 fully saturated rings. The summed E-state index contributed by atoms with van der Waals surface area (Å²) in [5.74, 6) is -0.399. The molecule has 2 heterocycles. The monoisotopic (exact) mass is 318 g/mol. The Bertz CT molecular complexity index is 924. The van der Waals surface area contributed by atoms with Crippen molar-refractivity contribution in [1.29, 1.82) is 0 Å². The van der Waals surface area contributed by atoms with Crippen LogP contribution < -0.4 is 0 Å². The number of cyclic esters (lactones) is 1. The molecule has 0 radical (unpaired) electrons. The number of pyridine rings is 1. The van der Waals surface area contributed by atoms with Crippen LogP contribution in [0.15, 0.2) is 66.9 Å². The number of imide groups is 1. The van der Waals surface area contributed by atoms with Crippen LogP contribution in [0.1, 0.15) is 22.0 Å². The summed E-state index contributed by atoms with van der Waals surface area (Å²) in [5, 5.41) is 0.854. The van der Waals surface area contributed by atoms with Crippen molar-refractivity contribution in [3.8, 4) is 0 Å². The molecule has 1 aromatic heterocycles. The molecule has 2 aromatic carbocycles. The molecule has 5 nitrogen and oxygen atoms in total. The first kappa shape index (κ1) is 14.4. The van der Waals surface area contributed by atoms with Crippen molar-refractivity contribution >= 4 is 22.9 Å². The molecule has 4 rings (SSSR count). The summed E-state index contributed by atoms with van der Waals surface area (Å²) in [6.45, 7) is 0.162. The largest absolute Gasteiger partial charge is 0.446 e. The lowest BCUT2D eigenvalue weighted by molar-refractivity contribution is 0.0774. The minimum Gasteiger partial charge on any atom is -0.446 e. The summed E-state index contributed by atoms with van der Waals surface area (Å²) in [6, 6.07) is 18.3. The minimum atomic E-state index is -0.623. The van der Waals surface area contributed by atoms with E-state index in [4.69, 9.17) is 4.74 Å². The Balaban J connectivity index is 1.71. The maximum atomic E-state index is 12.9. The fraction of sp³-hybridized carbons (Fsp3) is 0.105. The number of carbonyl (C=O) groups excluding carboxylic acids is 2. The molecule has 0 saturated carbocycles. The van der Waals surface area contributed by atoms with E-state index >= 15 is 0 Å². The van der Waals surface area contributed by atoms with Crippen LogP contribution in [0.2, 0.25) is 0 Å². The summed E-state index contributed by atoms with van der Waals surface area (Å²) < 4.78 is 5.11. The van der Waals surface area contributed by atoms with Crippen molar-refractivity contribution in [1.82, 2.24) is 9.88 Å². The lowest BCUT2D eigenvalue weighted by Gasteiger charge is -2.19. The van der Waals surface area contributed by atoms with Gasteiger partial charge in [0.2, 0.25) is 0 Å². The number of aromatic nitrogens is 1. The summed E-state index contributed by atoms with van der Waals surface area (Å²) in [7, 11) is 0. The van der Waals surface area contributed by atoms with E-state index in [0.717, 1.165) is 16.5 Å². The zero-order valence-corrected chi connectivity index (χ0v) is 12.8. The number of rotatable bonds is 2. The maximum absolute atomic E-state index is 12.9. The van der Waals surface area contributed by atoms with E-state index in [1.54, 1.807) is 6.07 Å². The third-order valence-electron chi connectivity index (χ3n) is 4.11. The summed E-state index contributed by atoms with van der Waals surface area (Å²) in [6.07, 6.45) is 0.875. The number of amides is 2. The molecule has 0 bridgehead atoms. The smallest absolute Gasteiger partial charge is 0.417 e. The van der Waals surface area contributed by atoms with Gasteiger partial charge in [0.25, 0.3) is 5.91 Å². The fourth-order valence-corrected chi connectivity index (χ4v) is 2.89. The van der Waals surface area contributed by atoms with Crippen molar-refractivity contribution in [3.05, 3.63) is 78.0 Å². The zero-order chi connectivity index (χ0) is 16.5. The number of fused-ring (bicyclic) bond motifs is 1. The van der Waals surface area contributed by atoms with Crippen molar-refractivity contribution < 1.29 is 14.3 Å². The third-order valence-corrected chi connectivity index (χ3v) is 4.11. The minimum absolute atomic E-state index is 0.162. The topological polar surface area (TPSA) is 59.5 Å². The molecule has 0 aliphatic carbocycles. The quantitative estimate of drug-likeness (QED) is 0.725. The van der Waals surface area contributed by atoms with Gasteiger partial charge in [0.05, 0.1) is 11.1 Å². The number of carbonyl (C=O) groups is 2. The molecule has 0 spiro atoms. The average Bonchev–Trinajstić information content (AvgIpc) is 3.03. The van der Waals surface area contributed by atoms with Crippen LogP contribution in [-0.2, 0) is 4.74 Å². The first-order valence-electron chi connectivity index (χ1n) is 7.64. The van der Waals surface area contributed by atoms with Crippen LogP contribution in [0.3, 0.4) is 0 Å². The second-order valence-electron chi connectivity index (χ2n) is 5.60. The van der Waals surface area contributed by atoms with E-state index in [9.17, 15) is 9.59 Å². The van der Waals surface area contributed by atoms with Gasteiger partial charge < -0.3 is 4.74 Å². The molecule has 0 N–H and O–H groups in total. The number of hydrogen-bond donors (Lipinski definition) is 0.